The summed E-state index contributed by atoms with van der Waals surface area (Å²) in [5.41, 5.74) is 3.56. The van der Waals surface area contributed by atoms with Crippen molar-refractivity contribution in [2.75, 3.05) is 34.4 Å². The predicted octanol–water partition coefficient (Wildman–Crippen LogP) is 1.16. The quantitative estimate of drug-likeness (QED) is 0.771. The highest BCUT2D eigenvalue weighted by Gasteiger charge is 2.27. The molecule has 21 heavy (non-hydrogen) atoms. The maximum atomic E-state index is 8.90. The fraction of sp³-hybridized carbons (Fsp3) is 0.625. The molecule has 0 saturated carbocycles. The Morgan fingerprint density at radius 1 is 1.33 bits per heavy atom. The Morgan fingerprint density at radius 3 is 2.71 bits per heavy atom. The second-order valence-electron chi connectivity index (χ2n) is 5.60. The molecule has 5 nitrogen and oxygen atoms in total. The average molecular weight is 294 g/mol. The van der Waals surface area contributed by atoms with Crippen LogP contribution >= 0.6 is 0 Å². The minimum absolute atomic E-state index is 0.131. The molecular formula is C16H26N2O3. The summed E-state index contributed by atoms with van der Waals surface area (Å²) in [4.78, 5) is 2.33. The molecule has 1 atom stereocenters. The standard InChI is InChI=1S/C16H26N2O3/c1-11-7-13-14(10-18(11)2)15(20-3)8-12(16(13)21-4)9-17-5-6-19/h8,11,17,19H,5-7,9-10H2,1-4H3. The Hall–Kier alpha value is -1.30. The van der Waals surface area contributed by atoms with Gasteiger partial charge in [-0.05, 0) is 26.5 Å². The lowest BCUT2D eigenvalue weighted by atomic mass is 9.91. The molecule has 1 aliphatic heterocycles. The average Bonchev–Trinajstić information content (AvgIpc) is 2.48. The van der Waals surface area contributed by atoms with Crippen LogP contribution in [-0.4, -0.2) is 50.5 Å². The fourth-order valence-corrected chi connectivity index (χ4v) is 2.91. The van der Waals surface area contributed by atoms with Crippen molar-refractivity contribution in [2.24, 2.45) is 0 Å². The third-order valence-electron chi connectivity index (χ3n) is 4.22. The zero-order valence-corrected chi connectivity index (χ0v) is 13.4. The molecule has 2 rings (SSSR count). The smallest absolute Gasteiger partial charge is 0.127 e. The molecule has 0 fully saturated rings. The van der Waals surface area contributed by atoms with Crippen molar-refractivity contribution >= 4 is 0 Å². The van der Waals surface area contributed by atoms with Crippen LogP contribution in [-0.2, 0) is 19.5 Å². The van der Waals surface area contributed by atoms with E-state index in [4.69, 9.17) is 14.6 Å². The Balaban J connectivity index is 2.41. The molecule has 1 heterocycles. The van der Waals surface area contributed by atoms with Gasteiger partial charge in [0.25, 0.3) is 0 Å². The van der Waals surface area contributed by atoms with Crippen molar-refractivity contribution in [3.05, 3.63) is 22.8 Å². The van der Waals surface area contributed by atoms with Crippen molar-refractivity contribution in [3.8, 4) is 11.5 Å². The first-order chi connectivity index (χ1) is 10.1. The number of nitrogens with zero attached hydrogens (tertiary/aromatic N) is 1. The summed E-state index contributed by atoms with van der Waals surface area (Å²) in [6, 6.07) is 2.53. The number of fused-ring (bicyclic) bond motifs is 1. The normalized spacial score (nSPS) is 18.4. The van der Waals surface area contributed by atoms with E-state index in [0.29, 0.717) is 19.1 Å². The van der Waals surface area contributed by atoms with Gasteiger partial charge >= 0.3 is 0 Å². The van der Waals surface area contributed by atoms with E-state index in [1.165, 1.54) is 11.1 Å². The van der Waals surface area contributed by atoms with E-state index in [9.17, 15) is 0 Å². The Labute approximate surface area is 126 Å². The second-order valence-corrected chi connectivity index (χ2v) is 5.60. The maximum Gasteiger partial charge on any atom is 0.127 e. The topological polar surface area (TPSA) is 54.0 Å². The minimum Gasteiger partial charge on any atom is -0.496 e. The molecule has 1 aliphatic rings. The number of aliphatic hydroxyl groups is 1. The first-order valence-corrected chi connectivity index (χ1v) is 7.39. The van der Waals surface area contributed by atoms with Crippen LogP contribution in [0.4, 0.5) is 0 Å². The van der Waals surface area contributed by atoms with Crippen LogP contribution in [0.15, 0.2) is 6.07 Å². The third-order valence-corrected chi connectivity index (χ3v) is 4.22. The monoisotopic (exact) mass is 294 g/mol. The summed E-state index contributed by atoms with van der Waals surface area (Å²) in [6.07, 6.45) is 0.958. The fourth-order valence-electron chi connectivity index (χ4n) is 2.91. The van der Waals surface area contributed by atoms with Crippen molar-refractivity contribution in [1.29, 1.82) is 0 Å². The maximum absolute atomic E-state index is 8.90. The Bertz CT molecular complexity index is 491. The van der Waals surface area contributed by atoms with Gasteiger partial charge in [0.15, 0.2) is 0 Å². The van der Waals surface area contributed by atoms with Gasteiger partial charge in [0.2, 0.25) is 0 Å². The van der Waals surface area contributed by atoms with E-state index in [1.807, 2.05) is 6.07 Å². The van der Waals surface area contributed by atoms with Gasteiger partial charge in [-0.15, -0.1) is 0 Å². The Kier molecular flexibility index (Phi) is 5.45. The highest BCUT2D eigenvalue weighted by molar-refractivity contribution is 5.55. The van der Waals surface area contributed by atoms with Gasteiger partial charge in [0.1, 0.15) is 11.5 Å². The summed E-state index contributed by atoms with van der Waals surface area (Å²) in [5, 5.41) is 12.1. The number of rotatable bonds is 6. The van der Waals surface area contributed by atoms with Crippen LogP contribution in [0.3, 0.4) is 0 Å². The minimum atomic E-state index is 0.131. The lowest BCUT2D eigenvalue weighted by Gasteiger charge is -2.34. The molecule has 0 bridgehead atoms. The van der Waals surface area contributed by atoms with Gasteiger partial charge in [0, 0.05) is 42.4 Å². The third kappa shape index (κ3) is 3.31. The van der Waals surface area contributed by atoms with Crippen LogP contribution < -0.4 is 14.8 Å². The first-order valence-electron chi connectivity index (χ1n) is 7.39. The van der Waals surface area contributed by atoms with E-state index >= 15 is 0 Å². The van der Waals surface area contributed by atoms with Crippen LogP contribution in [0, 0.1) is 0 Å². The largest absolute Gasteiger partial charge is 0.496 e. The molecule has 1 unspecified atom stereocenters. The van der Waals surface area contributed by atoms with Gasteiger partial charge in [-0.25, -0.2) is 0 Å². The van der Waals surface area contributed by atoms with Gasteiger partial charge in [0.05, 0.1) is 20.8 Å². The van der Waals surface area contributed by atoms with Crippen LogP contribution in [0.5, 0.6) is 11.5 Å². The molecule has 0 spiro atoms. The second kappa shape index (κ2) is 7.11. The van der Waals surface area contributed by atoms with E-state index in [-0.39, 0.29) is 6.61 Å². The van der Waals surface area contributed by atoms with Crippen LogP contribution in [0.25, 0.3) is 0 Å². The number of ether oxygens (including phenoxy) is 2. The van der Waals surface area contributed by atoms with Gasteiger partial charge in [-0.2, -0.15) is 0 Å². The number of aliphatic hydroxyl groups excluding tert-OH is 1. The zero-order chi connectivity index (χ0) is 15.4. The summed E-state index contributed by atoms with van der Waals surface area (Å²) < 4.78 is 11.3. The number of methoxy groups -OCH3 is 2. The Morgan fingerprint density at radius 2 is 2.10 bits per heavy atom. The van der Waals surface area contributed by atoms with Crippen LogP contribution in [0.1, 0.15) is 23.6 Å². The lowest BCUT2D eigenvalue weighted by Crippen LogP contribution is -2.35. The molecule has 0 saturated heterocycles. The van der Waals surface area contributed by atoms with Gasteiger partial charge in [-0.3, -0.25) is 4.90 Å². The van der Waals surface area contributed by atoms with E-state index < -0.39 is 0 Å². The zero-order valence-electron chi connectivity index (χ0n) is 13.4. The summed E-state index contributed by atoms with van der Waals surface area (Å²) in [6.45, 7) is 4.47. The lowest BCUT2D eigenvalue weighted by molar-refractivity contribution is 0.222. The molecule has 0 radical (unpaired) electrons. The molecule has 118 valence electrons. The van der Waals surface area contributed by atoms with E-state index in [1.54, 1.807) is 14.2 Å². The number of hydrogen-bond acceptors (Lipinski definition) is 5. The van der Waals surface area contributed by atoms with Crippen molar-refractivity contribution in [2.45, 2.75) is 32.5 Å². The molecule has 0 aliphatic carbocycles. The van der Waals surface area contributed by atoms with Crippen molar-refractivity contribution in [1.82, 2.24) is 10.2 Å². The highest BCUT2D eigenvalue weighted by Crippen LogP contribution is 2.39. The number of likely N-dealkylation sites (N-methyl/N-ethyl adjacent to an activating group) is 1. The number of nitrogens with one attached hydrogen (secondary N) is 1. The molecular weight excluding hydrogens is 268 g/mol. The highest BCUT2D eigenvalue weighted by atomic mass is 16.5. The molecule has 1 aromatic rings. The SMILES string of the molecule is COc1cc(CNCCO)c(OC)c2c1CN(C)C(C)C2. The summed E-state index contributed by atoms with van der Waals surface area (Å²) in [7, 11) is 5.57. The molecule has 2 N–H and O–H groups in total. The van der Waals surface area contributed by atoms with Crippen molar-refractivity contribution < 1.29 is 14.6 Å². The molecule has 0 amide bonds. The number of benzene rings is 1. The number of hydrogen-bond donors (Lipinski definition) is 2. The van der Waals surface area contributed by atoms with Crippen LogP contribution in [0.2, 0.25) is 0 Å². The van der Waals surface area contributed by atoms with Gasteiger partial charge in [-0.1, -0.05) is 0 Å². The molecule has 0 aromatic heterocycles. The van der Waals surface area contributed by atoms with Crippen molar-refractivity contribution in [3.63, 3.8) is 0 Å². The van der Waals surface area contributed by atoms with E-state index in [0.717, 1.165) is 30.0 Å². The molecule has 1 aromatic carbocycles. The molecule has 5 heteroatoms. The predicted molar refractivity (Wildman–Crippen MR) is 83.0 cm³/mol. The summed E-state index contributed by atoms with van der Waals surface area (Å²) >= 11 is 0. The first kappa shape index (κ1) is 16.1. The van der Waals surface area contributed by atoms with E-state index in [2.05, 4.69) is 24.2 Å². The van der Waals surface area contributed by atoms with Gasteiger partial charge < -0.3 is 19.9 Å². The summed E-state index contributed by atoms with van der Waals surface area (Å²) in [5.74, 6) is 1.88.